The van der Waals surface area contributed by atoms with E-state index in [1.807, 2.05) is 43.4 Å². The zero-order valence-corrected chi connectivity index (χ0v) is 11.6. The molecule has 0 aliphatic heterocycles. The Morgan fingerprint density at radius 2 is 1.58 bits per heavy atom. The molecule has 3 heteroatoms. The van der Waals surface area contributed by atoms with Gasteiger partial charge in [-0.05, 0) is 43.1 Å². The SMILES string of the molecule is CNC(Cc1ccccc1F)Cc1ccccc1Cl. The van der Waals surface area contributed by atoms with Gasteiger partial charge < -0.3 is 5.32 Å². The Kier molecular flexibility index (Phi) is 4.94. The predicted octanol–water partition coefficient (Wildman–Crippen LogP) is 3.85. The monoisotopic (exact) mass is 277 g/mol. The van der Waals surface area contributed by atoms with Crippen molar-refractivity contribution in [3.05, 3.63) is 70.5 Å². The second-order valence-corrected chi connectivity index (χ2v) is 4.98. The van der Waals surface area contributed by atoms with Crippen molar-refractivity contribution in [2.24, 2.45) is 0 Å². The second-order valence-electron chi connectivity index (χ2n) is 4.58. The Hall–Kier alpha value is -1.38. The molecule has 1 N–H and O–H groups in total. The van der Waals surface area contributed by atoms with Crippen LogP contribution in [0.5, 0.6) is 0 Å². The minimum absolute atomic E-state index is 0.151. The largest absolute Gasteiger partial charge is 0.316 e. The summed E-state index contributed by atoms with van der Waals surface area (Å²) in [4.78, 5) is 0. The normalized spacial score (nSPS) is 12.4. The summed E-state index contributed by atoms with van der Waals surface area (Å²) in [6.45, 7) is 0. The van der Waals surface area contributed by atoms with Gasteiger partial charge in [-0.15, -0.1) is 0 Å². The summed E-state index contributed by atoms with van der Waals surface area (Å²) in [5.41, 5.74) is 1.81. The summed E-state index contributed by atoms with van der Waals surface area (Å²) in [6, 6.07) is 14.8. The Morgan fingerprint density at radius 3 is 2.21 bits per heavy atom. The highest BCUT2D eigenvalue weighted by atomic mass is 35.5. The average molecular weight is 278 g/mol. The second kappa shape index (κ2) is 6.69. The number of benzene rings is 2. The van der Waals surface area contributed by atoms with Crippen molar-refractivity contribution in [1.82, 2.24) is 5.32 Å². The van der Waals surface area contributed by atoms with E-state index in [0.29, 0.717) is 6.42 Å². The summed E-state index contributed by atoms with van der Waals surface area (Å²) in [6.07, 6.45) is 1.43. The lowest BCUT2D eigenvalue weighted by Crippen LogP contribution is -2.30. The first-order valence-corrected chi connectivity index (χ1v) is 6.72. The molecule has 0 amide bonds. The van der Waals surface area contributed by atoms with Gasteiger partial charge in [0.2, 0.25) is 0 Å². The first kappa shape index (κ1) is 14.0. The average Bonchev–Trinajstić information content (AvgIpc) is 2.42. The van der Waals surface area contributed by atoms with E-state index >= 15 is 0 Å². The van der Waals surface area contributed by atoms with E-state index in [2.05, 4.69) is 5.32 Å². The van der Waals surface area contributed by atoms with Gasteiger partial charge in [0.15, 0.2) is 0 Å². The zero-order chi connectivity index (χ0) is 13.7. The van der Waals surface area contributed by atoms with Crippen LogP contribution in [0.2, 0.25) is 5.02 Å². The van der Waals surface area contributed by atoms with Gasteiger partial charge in [-0.1, -0.05) is 48.0 Å². The van der Waals surface area contributed by atoms with Crippen molar-refractivity contribution in [3.63, 3.8) is 0 Å². The minimum Gasteiger partial charge on any atom is -0.316 e. The summed E-state index contributed by atoms with van der Waals surface area (Å²) in [5, 5.41) is 3.99. The summed E-state index contributed by atoms with van der Waals surface area (Å²) in [5.74, 6) is -0.151. The highest BCUT2D eigenvalue weighted by Crippen LogP contribution is 2.18. The molecule has 1 nitrogen and oxygen atoms in total. The number of halogens is 2. The van der Waals surface area contributed by atoms with Crippen molar-refractivity contribution in [1.29, 1.82) is 0 Å². The van der Waals surface area contributed by atoms with Gasteiger partial charge in [0.1, 0.15) is 5.82 Å². The van der Waals surface area contributed by atoms with Crippen LogP contribution in [-0.2, 0) is 12.8 Å². The molecule has 1 unspecified atom stereocenters. The summed E-state index contributed by atoms with van der Waals surface area (Å²) < 4.78 is 13.7. The van der Waals surface area contributed by atoms with Crippen molar-refractivity contribution in [3.8, 4) is 0 Å². The molecule has 0 radical (unpaired) electrons. The van der Waals surface area contributed by atoms with Gasteiger partial charge in [0.05, 0.1) is 0 Å². The quantitative estimate of drug-likeness (QED) is 0.875. The predicted molar refractivity (Wildman–Crippen MR) is 78.1 cm³/mol. The van der Waals surface area contributed by atoms with Crippen molar-refractivity contribution in [2.45, 2.75) is 18.9 Å². The highest BCUT2D eigenvalue weighted by molar-refractivity contribution is 6.31. The van der Waals surface area contributed by atoms with E-state index in [4.69, 9.17) is 11.6 Å². The van der Waals surface area contributed by atoms with Crippen molar-refractivity contribution in [2.75, 3.05) is 7.05 Å². The third-order valence-electron chi connectivity index (χ3n) is 3.26. The molecule has 2 aromatic rings. The fraction of sp³-hybridized carbons (Fsp3) is 0.250. The topological polar surface area (TPSA) is 12.0 Å². The summed E-state index contributed by atoms with van der Waals surface area (Å²) in [7, 11) is 1.89. The van der Waals surface area contributed by atoms with Gasteiger partial charge in [0.25, 0.3) is 0 Å². The Morgan fingerprint density at radius 1 is 1.00 bits per heavy atom. The first-order valence-electron chi connectivity index (χ1n) is 6.34. The molecule has 0 fully saturated rings. The number of hydrogen-bond acceptors (Lipinski definition) is 1. The van der Waals surface area contributed by atoms with Gasteiger partial charge in [0, 0.05) is 11.1 Å². The lowest BCUT2D eigenvalue weighted by Gasteiger charge is -2.17. The fourth-order valence-corrected chi connectivity index (χ4v) is 2.35. The molecule has 2 rings (SSSR count). The van der Waals surface area contributed by atoms with Crippen LogP contribution < -0.4 is 5.32 Å². The molecule has 1 atom stereocenters. The molecule has 0 spiro atoms. The molecular formula is C16H17ClFN. The molecule has 0 heterocycles. The molecule has 19 heavy (non-hydrogen) atoms. The molecule has 0 aromatic heterocycles. The fourth-order valence-electron chi connectivity index (χ4n) is 2.14. The van der Waals surface area contributed by atoms with E-state index in [1.54, 1.807) is 6.07 Å². The van der Waals surface area contributed by atoms with Crippen molar-refractivity contribution < 1.29 is 4.39 Å². The smallest absolute Gasteiger partial charge is 0.126 e. The maximum Gasteiger partial charge on any atom is 0.126 e. The zero-order valence-electron chi connectivity index (χ0n) is 10.9. The maximum absolute atomic E-state index is 13.7. The Bertz CT molecular complexity index is 494. The Labute approximate surface area is 118 Å². The molecular weight excluding hydrogens is 261 g/mol. The molecule has 0 aliphatic carbocycles. The molecule has 2 aromatic carbocycles. The van der Waals surface area contributed by atoms with Crippen LogP contribution in [-0.4, -0.2) is 13.1 Å². The van der Waals surface area contributed by atoms with Crippen LogP contribution in [0.4, 0.5) is 4.39 Å². The van der Waals surface area contributed by atoms with E-state index in [0.717, 1.165) is 22.6 Å². The van der Waals surface area contributed by atoms with Gasteiger partial charge >= 0.3 is 0 Å². The van der Waals surface area contributed by atoms with Gasteiger partial charge in [-0.3, -0.25) is 0 Å². The van der Waals surface area contributed by atoms with Crippen LogP contribution in [0.15, 0.2) is 48.5 Å². The van der Waals surface area contributed by atoms with E-state index in [1.165, 1.54) is 6.07 Å². The van der Waals surface area contributed by atoms with Crippen LogP contribution in [0, 0.1) is 5.82 Å². The summed E-state index contributed by atoms with van der Waals surface area (Å²) >= 11 is 6.16. The number of hydrogen-bond donors (Lipinski definition) is 1. The maximum atomic E-state index is 13.7. The third kappa shape index (κ3) is 3.79. The minimum atomic E-state index is -0.151. The standard InChI is InChI=1S/C16H17ClFN/c1-19-14(10-12-6-2-4-8-15(12)17)11-13-7-3-5-9-16(13)18/h2-9,14,19H,10-11H2,1H3. The first-order chi connectivity index (χ1) is 9.20. The van der Waals surface area contributed by atoms with Crippen LogP contribution in [0.3, 0.4) is 0 Å². The van der Waals surface area contributed by atoms with Gasteiger partial charge in [-0.2, -0.15) is 0 Å². The van der Waals surface area contributed by atoms with Crippen LogP contribution in [0.1, 0.15) is 11.1 Å². The number of rotatable bonds is 5. The van der Waals surface area contributed by atoms with E-state index < -0.39 is 0 Å². The van der Waals surface area contributed by atoms with Gasteiger partial charge in [-0.25, -0.2) is 4.39 Å². The molecule has 100 valence electrons. The van der Waals surface area contributed by atoms with Crippen LogP contribution in [0.25, 0.3) is 0 Å². The molecule has 0 aliphatic rings. The molecule has 0 bridgehead atoms. The molecule has 0 saturated heterocycles. The lowest BCUT2D eigenvalue weighted by molar-refractivity contribution is 0.532. The molecule has 0 saturated carbocycles. The number of likely N-dealkylation sites (N-methyl/N-ethyl adjacent to an activating group) is 1. The third-order valence-corrected chi connectivity index (χ3v) is 3.63. The van der Waals surface area contributed by atoms with E-state index in [-0.39, 0.29) is 11.9 Å². The van der Waals surface area contributed by atoms with E-state index in [9.17, 15) is 4.39 Å². The Balaban J connectivity index is 2.09. The van der Waals surface area contributed by atoms with Crippen molar-refractivity contribution >= 4 is 11.6 Å². The highest BCUT2D eigenvalue weighted by Gasteiger charge is 2.12. The van der Waals surface area contributed by atoms with Crippen LogP contribution >= 0.6 is 11.6 Å². The lowest BCUT2D eigenvalue weighted by atomic mass is 9.99. The number of nitrogens with one attached hydrogen (secondary N) is 1.